The standard InChI is InChI=1S/C14H24O3SSi/c1-5-19(6-2,7-3)12(4)13-8-10-14(11-9-13)18(15,16)17/h8-12H,5-7H2,1-4H3,(H,15,16,17). The first-order valence-corrected chi connectivity index (χ1v) is 11.0. The Hall–Kier alpha value is -0.653. The highest BCUT2D eigenvalue weighted by atomic mass is 32.2. The van der Waals surface area contributed by atoms with E-state index >= 15 is 0 Å². The van der Waals surface area contributed by atoms with Crippen LogP contribution in [-0.2, 0) is 10.1 Å². The van der Waals surface area contributed by atoms with Crippen LogP contribution in [0.5, 0.6) is 0 Å². The van der Waals surface area contributed by atoms with Crippen molar-refractivity contribution in [1.82, 2.24) is 0 Å². The molecule has 0 aromatic heterocycles. The molecule has 1 aromatic rings. The minimum Gasteiger partial charge on any atom is -0.282 e. The summed E-state index contributed by atoms with van der Waals surface area (Å²) in [6.45, 7) is 9.05. The average Bonchev–Trinajstić information content (AvgIpc) is 2.40. The molecule has 1 N–H and O–H groups in total. The van der Waals surface area contributed by atoms with Crippen molar-refractivity contribution in [3.05, 3.63) is 29.8 Å². The monoisotopic (exact) mass is 300 g/mol. The smallest absolute Gasteiger partial charge is 0.282 e. The lowest BCUT2D eigenvalue weighted by Crippen LogP contribution is -2.38. The van der Waals surface area contributed by atoms with Gasteiger partial charge in [-0.1, -0.05) is 58.0 Å². The lowest BCUT2D eigenvalue weighted by molar-refractivity contribution is 0.483. The lowest BCUT2D eigenvalue weighted by atomic mass is 10.2. The molecule has 19 heavy (non-hydrogen) atoms. The normalized spacial score (nSPS) is 14.4. The summed E-state index contributed by atoms with van der Waals surface area (Å²) < 4.78 is 31.1. The maximum atomic E-state index is 11.0. The van der Waals surface area contributed by atoms with Crippen LogP contribution in [0.15, 0.2) is 29.2 Å². The summed E-state index contributed by atoms with van der Waals surface area (Å²) in [4.78, 5) is -0.0276. The van der Waals surface area contributed by atoms with Gasteiger partial charge in [-0.3, -0.25) is 4.55 Å². The van der Waals surface area contributed by atoms with Crippen LogP contribution >= 0.6 is 0 Å². The van der Waals surface area contributed by atoms with Crippen molar-refractivity contribution in [2.24, 2.45) is 0 Å². The molecule has 0 aliphatic heterocycles. The summed E-state index contributed by atoms with van der Waals surface area (Å²) in [7, 11) is -5.42. The van der Waals surface area contributed by atoms with Gasteiger partial charge in [0.25, 0.3) is 10.1 Å². The SMILES string of the molecule is CC[Si](CC)(CC)C(C)c1ccc(S(=O)(=O)O)cc1. The first kappa shape index (κ1) is 16.4. The summed E-state index contributed by atoms with van der Waals surface area (Å²) in [5, 5.41) is 0. The highest BCUT2D eigenvalue weighted by Crippen LogP contribution is 2.35. The molecule has 0 heterocycles. The van der Waals surface area contributed by atoms with Gasteiger partial charge in [0.2, 0.25) is 0 Å². The fourth-order valence-electron chi connectivity index (χ4n) is 2.95. The van der Waals surface area contributed by atoms with Crippen LogP contribution in [0.25, 0.3) is 0 Å². The molecule has 1 aromatic carbocycles. The fourth-order valence-corrected chi connectivity index (χ4v) is 7.67. The molecule has 0 saturated carbocycles. The molecule has 0 aliphatic carbocycles. The molecule has 0 radical (unpaired) electrons. The Morgan fingerprint density at radius 2 is 1.47 bits per heavy atom. The lowest BCUT2D eigenvalue weighted by Gasteiger charge is -2.35. The molecule has 0 aliphatic rings. The molecule has 0 fully saturated rings. The zero-order valence-electron chi connectivity index (χ0n) is 12.2. The van der Waals surface area contributed by atoms with Gasteiger partial charge >= 0.3 is 0 Å². The number of hydrogen-bond donors (Lipinski definition) is 1. The number of hydrogen-bond acceptors (Lipinski definition) is 2. The maximum Gasteiger partial charge on any atom is 0.294 e. The van der Waals surface area contributed by atoms with Crippen molar-refractivity contribution >= 4 is 18.2 Å². The Bertz CT molecular complexity index is 496. The molecule has 108 valence electrons. The highest BCUT2D eigenvalue weighted by molar-refractivity contribution is 7.85. The van der Waals surface area contributed by atoms with Gasteiger partial charge in [-0.05, 0) is 23.2 Å². The van der Waals surface area contributed by atoms with Gasteiger partial charge in [0, 0.05) is 0 Å². The maximum absolute atomic E-state index is 11.0. The Morgan fingerprint density at radius 1 is 1.05 bits per heavy atom. The quantitative estimate of drug-likeness (QED) is 0.636. The van der Waals surface area contributed by atoms with Gasteiger partial charge in [0.15, 0.2) is 0 Å². The van der Waals surface area contributed by atoms with Gasteiger partial charge in [0.1, 0.15) is 0 Å². The molecular formula is C14H24O3SSi. The summed E-state index contributed by atoms with van der Waals surface area (Å²) >= 11 is 0. The minimum atomic E-state index is -4.09. The number of benzene rings is 1. The molecule has 0 bridgehead atoms. The zero-order chi connectivity index (χ0) is 14.7. The molecule has 1 rings (SSSR count). The fraction of sp³-hybridized carbons (Fsp3) is 0.571. The zero-order valence-corrected chi connectivity index (χ0v) is 14.0. The van der Waals surface area contributed by atoms with E-state index in [2.05, 4.69) is 27.7 Å². The van der Waals surface area contributed by atoms with Crippen LogP contribution in [0.4, 0.5) is 0 Å². The van der Waals surface area contributed by atoms with Crippen molar-refractivity contribution in [1.29, 1.82) is 0 Å². The number of rotatable bonds is 6. The van der Waals surface area contributed by atoms with Crippen LogP contribution in [0, 0.1) is 0 Å². The first-order chi connectivity index (χ1) is 8.80. The van der Waals surface area contributed by atoms with Crippen LogP contribution in [0.3, 0.4) is 0 Å². The van der Waals surface area contributed by atoms with Gasteiger partial charge in [0.05, 0.1) is 13.0 Å². The van der Waals surface area contributed by atoms with E-state index in [4.69, 9.17) is 4.55 Å². The van der Waals surface area contributed by atoms with Gasteiger partial charge in [-0.25, -0.2) is 0 Å². The summed E-state index contributed by atoms with van der Waals surface area (Å²) in [6, 6.07) is 10.4. The van der Waals surface area contributed by atoms with Crippen molar-refractivity contribution in [3.8, 4) is 0 Å². The predicted molar refractivity (Wildman–Crippen MR) is 81.9 cm³/mol. The molecule has 1 atom stereocenters. The van der Waals surface area contributed by atoms with Crippen LogP contribution in [0.1, 0.15) is 38.8 Å². The summed E-state index contributed by atoms with van der Waals surface area (Å²) in [5.74, 6) is 0. The molecule has 0 spiro atoms. The van der Waals surface area contributed by atoms with E-state index in [1.165, 1.54) is 35.8 Å². The summed E-state index contributed by atoms with van der Waals surface area (Å²) in [5.41, 5.74) is 1.69. The van der Waals surface area contributed by atoms with E-state index in [0.717, 1.165) is 0 Å². The minimum absolute atomic E-state index is 0.0276. The predicted octanol–water partition coefficient (Wildman–Crippen LogP) is 4.08. The largest absolute Gasteiger partial charge is 0.294 e. The first-order valence-electron chi connectivity index (χ1n) is 6.88. The Balaban J connectivity index is 3.10. The van der Waals surface area contributed by atoms with Gasteiger partial charge < -0.3 is 0 Å². The van der Waals surface area contributed by atoms with Gasteiger partial charge in [-0.2, -0.15) is 8.42 Å². The molecule has 1 unspecified atom stereocenters. The second kappa shape index (κ2) is 6.20. The third kappa shape index (κ3) is 3.46. The molecule has 0 amide bonds. The van der Waals surface area contributed by atoms with Crippen molar-refractivity contribution in [2.75, 3.05) is 0 Å². The molecular weight excluding hydrogens is 276 g/mol. The van der Waals surface area contributed by atoms with Crippen LogP contribution in [-0.4, -0.2) is 21.0 Å². The van der Waals surface area contributed by atoms with Crippen molar-refractivity contribution < 1.29 is 13.0 Å². The molecule has 0 saturated heterocycles. The Morgan fingerprint density at radius 3 is 1.79 bits per heavy atom. The topological polar surface area (TPSA) is 54.4 Å². The van der Waals surface area contributed by atoms with Crippen LogP contribution < -0.4 is 0 Å². The van der Waals surface area contributed by atoms with E-state index in [0.29, 0.717) is 5.54 Å². The Kier molecular flexibility index (Phi) is 5.35. The van der Waals surface area contributed by atoms with Crippen molar-refractivity contribution in [3.63, 3.8) is 0 Å². The molecule has 3 nitrogen and oxygen atoms in total. The molecule has 5 heteroatoms. The van der Waals surface area contributed by atoms with Gasteiger partial charge in [-0.15, -0.1) is 0 Å². The van der Waals surface area contributed by atoms with Crippen molar-refractivity contribution in [2.45, 2.75) is 56.3 Å². The second-order valence-electron chi connectivity index (χ2n) is 5.19. The highest BCUT2D eigenvalue weighted by Gasteiger charge is 2.34. The van der Waals surface area contributed by atoms with E-state index in [-0.39, 0.29) is 4.90 Å². The third-order valence-corrected chi connectivity index (χ3v) is 12.0. The van der Waals surface area contributed by atoms with E-state index < -0.39 is 18.2 Å². The third-order valence-electron chi connectivity index (χ3n) is 4.71. The van der Waals surface area contributed by atoms with E-state index in [9.17, 15) is 8.42 Å². The van der Waals surface area contributed by atoms with E-state index in [1.54, 1.807) is 0 Å². The summed E-state index contributed by atoms with van der Waals surface area (Å²) in [6.07, 6.45) is 0. The second-order valence-corrected chi connectivity index (χ2v) is 12.3. The average molecular weight is 300 g/mol. The van der Waals surface area contributed by atoms with Crippen LogP contribution in [0.2, 0.25) is 18.1 Å². The Labute approximate surface area is 117 Å². The van der Waals surface area contributed by atoms with E-state index in [1.807, 2.05) is 12.1 Å².